The molecule has 2 aromatic rings. The zero-order valence-electron chi connectivity index (χ0n) is 18.9. The Kier molecular flexibility index (Phi) is 5.73. The fourth-order valence-corrected chi connectivity index (χ4v) is 5.69. The van der Waals surface area contributed by atoms with E-state index in [1.54, 1.807) is 12.1 Å². The standard InChI is InChI=1S/C26H30N2O2S/c1-6-12-27-22-13-17(2)19(14-21(22)18(3)16-26(27,4)5)15-23-24(29)28(25(30)31-23)20-10-8-7-9-11-20/h7-11,13-15,18H,6,12,16H2,1-5H3/b23-15+. The summed E-state index contributed by atoms with van der Waals surface area (Å²) in [5.74, 6) is 0.186. The number of hydrogen-bond donors (Lipinski definition) is 0. The third kappa shape index (κ3) is 3.91. The molecule has 4 nitrogen and oxygen atoms in total. The second kappa shape index (κ2) is 8.19. The number of fused-ring (bicyclic) bond motifs is 1. The Morgan fingerprint density at radius 2 is 1.87 bits per heavy atom. The topological polar surface area (TPSA) is 40.6 Å². The van der Waals surface area contributed by atoms with Gasteiger partial charge in [0.05, 0.1) is 10.6 Å². The van der Waals surface area contributed by atoms with Crippen LogP contribution in [-0.4, -0.2) is 23.2 Å². The van der Waals surface area contributed by atoms with Gasteiger partial charge in [-0.15, -0.1) is 0 Å². The number of anilines is 2. The van der Waals surface area contributed by atoms with Crippen molar-refractivity contribution in [2.75, 3.05) is 16.3 Å². The van der Waals surface area contributed by atoms with Gasteiger partial charge in [-0.2, -0.15) is 0 Å². The molecule has 0 bridgehead atoms. The van der Waals surface area contributed by atoms with Crippen LogP contribution >= 0.6 is 11.8 Å². The number of thioether (sulfide) groups is 1. The number of rotatable bonds is 4. The van der Waals surface area contributed by atoms with Crippen molar-refractivity contribution in [1.29, 1.82) is 0 Å². The highest BCUT2D eigenvalue weighted by Gasteiger charge is 2.38. The molecule has 2 aliphatic rings. The Morgan fingerprint density at radius 3 is 2.55 bits per heavy atom. The van der Waals surface area contributed by atoms with E-state index in [1.807, 2.05) is 24.3 Å². The van der Waals surface area contributed by atoms with E-state index >= 15 is 0 Å². The number of para-hydroxylation sites is 1. The minimum absolute atomic E-state index is 0.120. The molecule has 0 spiro atoms. The SMILES string of the molecule is CCCN1c2cc(C)c(/C=C3/SC(=O)N(c4ccccc4)C3=O)cc2C(C)CC1(C)C. The monoisotopic (exact) mass is 434 g/mol. The summed E-state index contributed by atoms with van der Waals surface area (Å²) in [4.78, 5) is 29.8. The summed E-state index contributed by atoms with van der Waals surface area (Å²) in [6.07, 6.45) is 4.08. The van der Waals surface area contributed by atoms with Crippen molar-refractivity contribution < 1.29 is 9.59 Å². The highest BCUT2D eigenvalue weighted by Crippen LogP contribution is 2.45. The number of amides is 2. The first-order valence-electron chi connectivity index (χ1n) is 11.0. The van der Waals surface area contributed by atoms with Gasteiger partial charge in [-0.25, -0.2) is 4.90 Å². The third-order valence-corrected chi connectivity index (χ3v) is 7.18. The van der Waals surface area contributed by atoms with Crippen molar-refractivity contribution in [3.63, 3.8) is 0 Å². The van der Waals surface area contributed by atoms with E-state index in [2.05, 4.69) is 51.7 Å². The smallest absolute Gasteiger partial charge is 0.298 e. The van der Waals surface area contributed by atoms with Crippen LogP contribution in [-0.2, 0) is 4.79 Å². The zero-order chi connectivity index (χ0) is 22.3. The summed E-state index contributed by atoms with van der Waals surface area (Å²) in [7, 11) is 0. The average molecular weight is 435 g/mol. The molecule has 2 amide bonds. The van der Waals surface area contributed by atoms with Gasteiger partial charge in [0.2, 0.25) is 0 Å². The van der Waals surface area contributed by atoms with E-state index in [1.165, 1.54) is 16.2 Å². The number of nitrogens with zero attached hydrogens (tertiary/aromatic N) is 2. The lowest BCUT2D eigenvalue weighted by molar-refractivity contribution is -0.113. The van der Waals surface area contributed by atoms with Gasteiger partial charge < -0.3 is 4.90 Å². The van der Waals surface area contributed by atoms with Crippen molar-refractivity contribution >= 4 is 40.4 Å². The normalized spacial score (nSPS) is 21.7. The summed E-state index contributed by atoms with van der Waals surface area (Å²) in [5, 5.41) is -0.248. The lowest BCUT2D eigenvalue weighted by Crippen LogP contribution is -2.48. The highest BCUT2D eigenvalue weighted by atomic mass is 32.2. The quantitative estimate of drug-likeness (QED) is 0.500. The first-order valence-corrected chi connectivity index (χ1v) is 11.8. The van der Waals surface area contributed by atoms with Crippen molar-refractivity contribution in [1.82, 2.24) is 0 Å². The van der Waals surface area contributed by atoms with Gasteiger partial charge in [-0.3, -0.25) is 9.59 Å². The van der Waals surface area contributed by atoms with Crippen molar-refractivity contribution in [2.24, 2.45) is 0 Å². The Labute approximate surface area is 189 Å². The summed E-state index contributed by atoms with van der Waals surface area (Å²) >= 11 is 1.01. The predicted octanol–water partition coefficient (Wildman–Crippen LogP) is 6.74. The molecule has 0 N–H and O–H groups in total. The average Bonchev–Trinajstić information content (AvgIpc) is 2.99. The van der Waals surface area contributed by atoms with Crippen LogP contribution in [0, 0.1) is 6.92 Å². The molecule has 1 fully saturated rings. The number of hydrogen-bond acceptors (Lipinski definition) is 4. The summed E-state index contributed by atoms with van der Waals surface area (Å²) < 4.78 is 0. The van der Waals surface area contributed by atoms with Gasteiger partial charge in [0, 0.05) is 17.8 Å². The van der Waals surface area contributed by atoms with Crippen LogP contribution in [0.4, 0.5) is 16.2 Å². The Hall–Kier alpha value is -2.53. The maximum absolute atomic E-state index is 13.0. The third-order valence-electron chi connectivity index (χ3n) is 6.32. The molecule has 4 rings (SSSR count). The molecule has 2 aliphatic heterocycles. The molecule has 1 atom stereocenters. The van der Waals surface area contributed by atoms with Crippen LogP contribution in [0.2, 0.25) is 0 Å². The molecule has 1 unspecified atom stereocenters. The molecule has 2 aromatic carbocycles. The van der Waals surface area contributed by atoms with Crippen molar-refractivity contribution in [3.05, 3.63) is 64.1 Å². The number of carbonyl (C=O) groups excluding carboxylic acids is 2. The minimum atomic E-state index is -0.250. The first kappa shape index (κ1) is 21.7. The van der Waals surface area contributed by atoms with Gasteiger partial charge in [0.15, 0.2) is 0 Å². The molecule has 5 heteroatoms. The van der Waals surface area contributed by atoms with Crippen LogP contribution in [0.5, 0.6) is 0 Å². The van der Waals surface area contributed by atoms with E-state index in [4.69, 9.17) is 0 Å². The van der Waals surface area contributed by atoms with Gasteiger partial charge in [-0.05, 0) is 98.3 Å². The number of imide groups is 1. The molecule has 0 aliphatic carbocycles. The fourth-order valence-electron chi connectivity index (χ4n) is 4.86. The molecule has 0 saturated carbocycles. The molecule has 0 aromatic heterocycles. The van der Waals surface area contributed by atoms with Crippen molar-refractivity contribution in [3.8, 4) is 0 Å². The molecule has 31 heavy (non-hydrogen) atoms. The lowest BCUT2D eigenvalue weighted by atomic mass is 9.79. The van der Waals surface area contributed by atoms with E-state index in [0.29, 0.717) is 16.5 Å². The minimum Gasteiger partial charge on any atom is -0.366 e. The van der Waals surface area contributed by atoms with Crippen LogP contribution < -0.4 is 9.80 Å². The number of carbonyl (C=O) groups is 2. The van der Waals surface area contributed by atoms with Gasteiger partial charge in [-0.1, -0.05) is 32.0 Å². The van der Waals surface area contributed by atoms with E-state index in [-0.39, 0.29) is 16.7 Å². The van der Waals surface area contributed by atoms with E-state index in [0.717, 1.165) is 42.3 Å². The maximum Gasteiger partial charge on any atom is 0.298 e. The van der Waals surface area contributed by atoms with E-state index < -0.39 is 0 Å². The van der Waals surface area contributed by atoms with Gasteiger partial charge in [0.1, 0.15) is 0 Å². The largest absolute Gasteiger partial charge is 0.366 e. The van der Waals surface area contributed by atoms with Crippen molar-refractivity contribution in [2.45, 2.75) is 58.9 Å². The van der Waals surface area contributed by atoms with Crippen LogP contribution in [0.15, 0.2) is 47.4 Å². The van der Waals surface area contributed by atoms with Crippen LogP contribution in [0.25, 0.3) is 6.08 Å². The molecular weight excluding hydrogens is 404 g/mol. The predicted molar refractivity (Wildman–Crippen MR) is 131 cm³/mol. The Balaban J connectivity index is 1.72. The molecular formula is C26H30N2O2S. The Morgan fingerprint density at radius 1 is 1.16 bits per heavy atom. The fraction of sp³-hybridized carbons (Fsp3) is 0.385. The molecule has 162 valence electrons. The second-order valence-electron chi connectivity index (χ2n) is 9.19. The second-order valence-corrected chi connectivity index (χ2v) is 10.2. The Bertz CT molecular complexity index is 1060. The molecule has 0 radical (unpaired) electrons. The summed E-state index contributed by atoms with van der Waals surface area (Å²) in [6, 6.07) is 13.6. The van der Waals surface area contributed by atoms with Crippen LogP contribution in [0.3, 0.4) is 0 Å². The molecule has 2 heterocycles. The van der Waals surface area contributed by atoms with Gasteiger partial charge in [0.25, 0.3) is 11.1 Å². The van der Waals surface area contributed by atoms with E-state index in [9.17, 15) is 9.59 Å². The zero-order valence-corrected chi connectivity index (χ0v) is 19.8. The van der Waals surface area contributed by atoms with Gasteiger partial charge >= 0.3 is 0 Å². The summed E-state index contributed by atoms with van der Waals surface area (Å²) in [5.41, 5.74) is 5.50. The first-order chi connectivity index (χ1) is 14.7. The lowest BCUT2D eigenvalue weighted by Gasteiger charge is -2.48. The number of aryl methyl sites for hydroxylation is 1. The number of benzene rings is 2. The summed E-state index contributed by atoms with van der Waals surface area (Å²) in [6.45, 7) is 12.3. The maximum atomic E-state index is 13.0. The molecule has 1 saturated heterocycles. The highest BCUT2D eigenvalue weighted by molar-refractivity contribution is 8.19. The van der Waals surface area contributed by atoms with Crippen LogP contribution in [0.1, 0.15) is 63.1 Å².